The molecule has 0 radical (unpaired) electrons. The summed E-state index contributed by atoms with van der Waals surface area (Å²) >= 11 is 0. The van der Waals surface area contributed by atoms with Crippen LogP contribution in [-0.2, 0) is 0 Å². The molecule has 0 saturated carbocycles. The number of hydrogen-bond donors (Lipinski definition) is 1. The van der Waals surface area contributed by atoms with Gasteiger partial charge in [0.2, 0.25) is 0 Å². The monoisotopic (exact) mass is 269 g/mol. The third kappa shape index (κ3) is 8.61. The Labute approximate surface area is 120 Å². The lowest BCUT2D eigenvalue weighted by atomic mass is 10.1. The zero-order valence-corrected chi connectivity index (χ0v) is 13.1. The van der Waals surface area contributed by atoms with E-state index in [1.54, 1.807) is 0 Å². The van der Waals surface area contributed by atoms with Crippen molar-refractivity contribution in [2.24, 2.45) is 5.73 Å². The van der Waals surface area contributed by atoms with Crippen molar-refractivity contribution in [2.45, 2.75) is 58.3 Å². The lowest BCUT2D eigenvalue weighted by Gasteiger charge is -2.21. The zero-order chi connectivity index (χ0) is 13.8. The third-order valence-corrected chi connectivity index (χ3v) is 4.20. The molecule has 1 aliphatic rings. The Balaban J connectivity index is 1.97. The van der Waals surface area contributed by atoms with Gasteiger partial charge in [-0.1, -0.05) is 45.4 Å². The van der Waals surface area contributed by atoms with Crippen molar-refractivity contribution in [3.8, 4) is 0 Å². The summed E-state index contributed by atoms with van der Waals surface area (Å²) in [5.74, 6) is 0. The van der Waals surface area contributed by atoms with Crippen LogP contribution in [0, 0.1) is 0 Å². The number of nitrogens with two attached hydrogens (primary N) is 1. The van der Waals surface area contributed by atoms with Crippen LogP contribution in [-0.4, -0.2) is 55.6 Å². The molecule has 0 aromatic heterocycles. The number of unbranched alkanes of at least 4 members (excludes halogenated alkanes) is 6. The summed E-state index contributed by atoms with van der Waals surface area (Å²) < 4.78 is 0. The summed E-state index contributed by atoms with van der Waals surface area (Å²) in [6.07, 6.45) is 11.2. The van der Waals surface area contributed by atoms with Crippen molar-refractivity contribution < 1.29 is 0 Å². The highest BCUT2D eigenvalue weighted by atomic mass is 15.2. The average Bonchev–Trinajstić information content (AvgIpc) is 2.64. The van der Waals surface area contributed by atoms with Crippen molar-refractivity contribution in [3.63, 3.8) is 0 Å². The first kappa shape index (κ1) is 16.9. The first-order valence-electron chi connectivity index (χ1n) is 8.51. The van der Waals surface area contributed by atoms with Gasteiger partial charge < -0.3 is 15.5 Å². The summed E-state index contributed by atoms with van der Waals surface area (Å²) in [6.45, 7) is 10.5. The molecular formula is C16H35N3. The lowest BCUT2D eigenvalue weighted by molar-refractivity contribution is 0.256. The minimum absolute atomic E-state index is 0.803. The molecule has 2 N–H and O–H groups in total. The van der Waals surface area contributed by atoms with Gasteiger partial charge in [-0.05, 0) is 32.5 Å². The first-order chi connectivity index (χ1) is 9.36. The van der Waals surface area contributed by atoms with E-state index in [0.29, 0.717) is 0 Å². The highest BCUT2D eigenvalue weighted by Crippen LogP contribution is 2.09. The van der Waals surface area contributed by atoms with Crippen LogP contribution in [0.2, 0.25) is 0 Å². The SMILES string of the molecule is CCCCCCCCCN1CCCN(CCN)CC1. The predicted molar refractivity (Wildman–Crippen MR) is 84.5 cm³/mol. The van der Waals surface area contributed by atoms with E-state index >= 15 is 0 Å². The molecule has 1 aliphatic heterocycles. The Hall–Kier alpha value is -0.120. The summed E-state index contributed by atoms with van der Waals surface area (Å²) in [6, 6.07) is 0. The molecule has 0 aromatic carbocycles. The van der Waals surface area contributed by atoms with Crippen LogP contribution in [0.3, 0.4) is 0 Å². The van der Waals surface area contributed by atoms with E-state index in [9.17, 15) is 0 Å². The standard InChI is InChI=1S/C16H35N3/c1-2-3-4-5-6-7-8-11-18-12-9-13-19(14-10-17)16-15-18/h2-17H2,1H3. The van der Waals surface area contributed by atoms with Crippen molar-refractivity contribution in [1.82, 2.24) is 9.80 Å². The molecule has 114 valence electrons. The van der Waals surface area contributed by atoms with Gasteiger partial charge in [-0.15, -0.1) is 0 Å². The number of hydrogen-bond acceptors (Lipinski definition) is 3. The Bertz CT molecular complexity index is 196. The van der Waals surface area contributed by atoms with Crippen molar-refractivity contribution in [2.75, 3.05) is 45.8 Å². The third-order valence-electron chi connectivity index (χ3n) is 4.20. The Morgan fingerprint density at radius 2 is 1.32 bits per heavy atom. The van der Waals surface area contributed by atoms with Gasteiger partial charge in [-0.3, -0.25) is 0 Å². The molecule has 1 rings (SSSR count). The maximum absolute atomic E-state index is 5.64. The molecule has 0 aromatic rings. The molecule has 1 saturated heterocycles. The van der Waals surface area contributed by atoms with E-state index in [-0.39, 0.29) is 0 Å². The maximum atomic E-state index is 5.64. The molecule has 0 aliphatic carbocycles. The quantitative estimate of drug-likeness (QED) is 0.619. The Morgan fingerprint density at radius 3 is 1.95 bits per heavy atom. The van der Waals surface area contributed by atoms with Gasteiger partial charge in [0, 0.05) is 26.2 Å². The molecule has 0 unspecified atom stereocenters. The summed E-state index contributed by atoms with van der Waals surface area (Å²) in [5.41, 5.74) is 5.64. The van der Waals surface area contributed by atoms with E-state index in [4.69, 9.17) is 5.73 Å². The molecule has 3 nitrogen and oxygen atoms in total. The Morgan fingerprint density at radius 1 is 0.737 bits per heavy atom. The van der Waals surface area contributed by atoms with Crippen LogP contribution in [0.5, 0.6) is 0 Å². The van der Waals surface area contributed by atoms with Crippen LogP contribution >= 0.6 is 0 Å². The zero-order valence-electron chi connectivity index (χ0n) is 13.1. The van der Waals surface area contributed by atoms with Gasteiger partial charge in [0.1, 0.15) is 0 Å². The van der Waals surface area contributed by atoms with E-state index in [1.807, 2.05) is 0 Å². The van der Waals surface area contributed by atoms with Gasteiger partial charge in [0.25, 0.3) is 0 Å². The second-order valence-electron chi connectivity index (χ2n) is 5.95. The minimum atomic E-state index is 0.803. The Kier molecular flexibility index (Phi) is 10.4. The molecule has 0 atom stereocenters. The van der Waals surface area contributed by atoms with Crippen molar-refractivity contribution in [3.05, 3.63) is 0 Å². The predicted octanol–water partition coefficient (Wildman–Crippen LogP) is 2.70. The van der Waals surface area contributed by atoms with E-state index in [0.717, 1.165) is 13.1 Å². The largest absolute Gasteiger partial charge is 0.329 e. The average molecular weight is 269 g/mol. The first-order valence-corrected chi connectivity index (χ1v) is 8.51. The maximum Gasteiger partial charge on any atom is 0.0110 e. The fraction of sp³-hybridized carbons (Fsp3) is 1.00. The fourth-order valence-corrected chi connectivity index (χ4v) is 2.95. The summed E-state index contributed by atoms with van der Waals surface area (Å²) in [7, 11) is 0. The van der Waals surface area contributed by atoms with E-state index in [1.165, 1.54) is 84.1 Å². The van der Waals surface area contributed by atoms with E-state index < -0.39 is 0 Å². The van der Waals surface area contributed by atoms with Gasteiger partial charge in [-0.2, -0.15) is 0 Å². The second kappa shape index (κ2) is 11.7. The lowest BCUT2D eigenvalue weighted by Crippen LogP contribution is -2.34. The summed E-state index contributed by atoms with van der Waals surface area (Å²) in [4.78, 5) is 5.17. The molecule has 0 bridgehead atoms. The fourth-order valence-electron chi connectivity index (χ4n) is 2.95. The molecule has 3 heteroatoms. The van der Waals surface area contributed by atoms with Gasteiger partial charge >= 0.3 is 0 Å². The number of rotatable bonds is 10. The van der Waals surface area contributed by atoms with Gasteiger partial charge in [0.05, 0.1) is 0 Å². The molecule has 19 heavy (non-hydrogen) atoms. The molecule has 1 heterocycles. The molecule has 0 amide bonds. The van der Waals surface area contributed by atoms with Gasteiger partial charge in [-0.25, -0.2) is 0 Å². The molecular weight excluding hydrogens is 234 g/mol. The highest BCUT2D eigenvalue weighted by molar-refractivity contribution is 4.69. The van der Waals surface area contributed by atoms with E-state index in [2.05, 4.69) is 16.7 Å². The molecule has 0 spiro atoms. The topological polar surface area (TPSA) is 32.5 Å². The van der Waals surface area contributed by atoms with Crippen molar-refractivity contribution >= 4 is 0 Å². The molecule has 1 fully saturated rings. The van der Waals surface area contributed by atoms with Crippen LogP contribution in [0.15, 0.2) is 0 Å². The highest BCUT2D eigenvalue weighted by Gasteiger charge is 2.13. The van der Waals surface area contributed by atoms with Crippen LogP contribution in [0.1, 0.15) is 58.3 Å². The van der Waals surface area contributed by atoms with Crippen LogP contribution < -0.4 is 5.73 Å². The smallest absolute Gasteiger partial charge is 0.0110 e. The van der Waals surface area contributed by atoms with Crippen LogP contribution in [0.25, 0.3) is 0 Å². The van der Waals surface area contributed by atoms with Crippen molar-refractivity contribution in [1.29, 1.82) is 0 Å². The number of nitrogens with zero attached hydrogens (tertiary/aromatic N) is 2. The van der Waals surface area contributed by atoms with Crippen LogP contribution in [0.4, 0.5) is 0 Å². The summed E-state index contributed by atoms with van der Waals surface area (Å²) in [5, 5.41) is 0. The normalized spacial score (nSPS) is 18.6. The minimum Gasteiger partial charge on any atom is -0.329 e. The van der Waals surface area contributed by atoms with Gasteiger partial charge in [0.15, 0.2) is 0 Å². The second-order valence-corrected chi connectivity index (χ2v) is 5.95.